The predicted molar refractivity (Wildman–Crippen MR) is 89.9 cm³/mol. The third kappa shape index (κ3) is 3.31. The molecule has 0 radical (unpaired) electrons. The van der Waals surface area contributed by atoms with Gasteiger partial charge in [-0.25, -0.2) is 4.39 Å². The zero-order chi connectivity index (χ0) is 17.1. The van der Waals surface area contributed by atoms with Gasteiger partial charge in [-0.1, -0.05) is 6.07 Å². The fourth-order valence-electron chi connectivity index (χ4n) is 2.64. The number of hydrogen-bond donors (Lipinski definition) is 1. The van der Waals surface area contributed by atoms with Crippen LogP contribution in [0.3, 0.4) is 0 Å². The monoisotopic (exact) mass is 327 g/mol. The van der Waals surface area contributed by atoms with E-state index in [9.17, 15) is 9.50 Å². The zero-order valence-electron chi connectivity index (χ0n) is 13.5. The molecule has 1 unspecified atom stereocenters. The average molecular weight is 327 g/mol. The van der Waals surface area contributed by atoms with Gasteiger partial charge in [0.2, 0.25) is 0 Å². The standard InChI is InChI=1S/C19H18FNO3/c1-12-7-15(20)3-4-16(12)17(22)11-24-19-9-14-10-21-6-5-13(14)8-18(19)23-2/h3-10,17,22H,11H2,1-2H3. The van der Waals surface area contributed by atoms with Gasteiger partial charge in [0.25, 0.3) is 0 Å². The molecule has 0 amide bonds. The van der Waals surface area contributed by atoms with Crippen LogP contribution in [0.15, 0.2) is 48.8 Å². The van der Waals surface area contributed by atoms with Gasteiger partial charge in [-0.15, -0.1) is 0 Å². The van der Waals surface area contributed by atoms with Gasteiger partial charge in [0.15, 0.2) is 11.5 Å². The topological polar surface area (TPSA) is 51.6 Å². The lowest BCUT2D eigenvalue weighted by atomic mass is 10.0. The molecule has 0 aliphatic carbocycles. The molecule has 124 valence electrons. The van der Waals surface area contributed by atoms with E-state index in [0.29, 0.717) is 22.6 Å². The van der Waals surface area contributed by atoms with Crippen LogP contribution in [0.1, 0.15) is 17.2 Å². The van der Waals surface area contributed by atoms with Gasteiger partial charge in [-0.2, -0.15) is 0 Å². The fourth-order valence-corrected chi connectivity index (χ4v) is 2.64. The number of rotatable bonds is 5. The second-order valence-corrected chi connectivity index (χ2v) is 5.55. The molecule has 3 rings (SSSR count). The van der Waals surface area contributed by atoms with Crippen LogP contribution in [-0.4, -0.2) is 23.8 Å². The Morgan fingerprint density at radius 1 is 1.12 bits per heavy atom. The highest BCUT2D eigenvalue weighted by atomic mass is 19.1. The Bertz CT molecular complexity index is 866. The van der Waals surface area contributed by atoms with Gasteiger partial charge < -0.3 is 14.6 Å². The number of ether oxygens (including phenoxy) is 2. The summed E-state index contributed by atoms with van der Waals surface area (Å²) in [5.41, 5.74) is 1.32. The molecule has 3 aromatic rings. The molecule has 0 saturated carbocycles. The van der Waals surface area contributed by atoms with Crippen LogP contribution in [0.5, 0.6) is 11.5 Å². The largest absolute Gasteiger partial charge is 0.493 e. The van der Waals surface area contributed by atoms with Crippen LogP contribution in [0.4, 0.5) is 4.39 Å². The summed E-state index contributed by atoms with van der Waals surface area (Å²) in [6, 6.07) is 9.86. The van der Waals surface area contributed by atoms with E-state index in [1.807, 2.05) is 18.2 Å². The maximum atomic E-state index is 13.2. The molecule has 24 heavy (non-hydrogen) atoms. The van der Waals surface area contributed by atoms with Crippen molar-refractivity contribution in [1.29, 1.82) is 0 Å². The molecule has 0 aliphatic rings. The third-order valence-corrected chi connectivity index (χ3v) is 3.91. The zero-order valence-corrected chi connectivity index (χ0v) is 13.5. The van der Waals surface area contributed by atoms with Gasteiger partial charge >= 0.3 is 0 Å². The molecular weight excluding hydrogens is 309 g/mol. The van der Waals surface area contributed by atoms with Crippen molar-refractivity contribution in [1.82, 2.24) is 4.98 Å². The van der Waals surface area contributed by atoms with Crippen molar-refractivity contribution >= 4 is 10.8 Å². The number of pyridine rings is 1. The number of aliphatic hydroxyl groups is 1. The van der Waals surface area contributed by atoms with E-state index < -0.39 is 6.10 Å². The number of fused-ring (bicyclic) bond motifs is 1. The molecule has 0 bridgehead atoms. The number of aryl methyl sites for hydroxylation is 1. The summed E-state index contributed by atoms with van der Waals surface area (Å²) in [7, 11) is 1.57. The smallest absolute Gasteiger partial charge is 0.162 e. The molecule has 0 spiro atoms. The number of nitrogens with zero attached hydrogens (tertiary/aromatic N) is 1. The Labute approximate surface area is 139 Å². The summed E-state index contributed by atoms with van der Waals surface area (Å²) >= 11 is 0. The summed E-state index contributed by atoms with van der Waals surface area (Å²) in [6.45, 7) is 1.79. The van der Waals surface area contributed by atoms with E-state index in [1.165, 1.54) is 12.1 Å². The molecule has 2 aromatic carbocycles. The summed E-state index contributed by atoms with van der Waals surface area (Å²) < 4.78 is 24.3. The lowest BCUT2D eigenvalue weighted by molar-refractivity contribution is 0.106. The lowest BCUT2D eigenvalue weighted by Crippen LogP contribution is -2.11. The first-order chi connectivity index (χ1) is 11.6. The first-order valence-electron chi connectivity index (χ1n) is 7.57. The summed E-state index contributed by atoms with van der Waals surface area (Å²) in [4.78, 5) is 4.09. The number of aromatic nitrogens is 1. The van der Waals surface area contributed by atoms with E-state index in [-0.39, 0.29) is 12.4 Å². The fraction of sp³-hybridized carbons (Fsp3) is 0.211. The van der Waals surface area contributed by atoms with Crippen LogP contribution < -0.4 is 9.47 Å². The Kier molecular flexibility index (Phi) is 4.62. The third-order valence-electron chi connectivity index (χ3n) is 3.91. The minimum atomic E-state index is -0.861. The Morgan fingerprint density at radius 2 is 1.92 bits per heavy atom. The van der Waals surface area contributed by atoms with Crippen molar-refractivity contribution in [2.45, 2.75) is 13.0 Å². The van der Waals surface area contributed by atoms with Crippen LogP contribution >= 0.6 is 0 Å². The van der Waals surface area contributed by atoms with E-state index in [1.54, 1.807) is 32.5 Å². The second kappa shape index (κ2) is 6.84. The van der Waals surface area contributed by atoms with E-state index >= 15 is 0 Å². The van der Waals surface area contributed by atoms with Crippen molar-refractivity contribution in [3.8, 4) is 11.5 Å². The minimum absolute atomic E-state index is 0.0363. The first kappa shape index (κ1) is 16.2. The van der Waals surface area contributed by atoms with Crippen LogP contribution in [0, 0.1) is 12.7 Å². The van der Waals surface area contributed by atoms with Gasteiger partial charge in [0.1, 0.15) is 18.5 Å². The van der Waals surface area contributed by atoms with Crippen LogP contribution in [0.25, 0.3) is 10.8 Å². The van der Waals surface area contributed by atoms with E-state index in [0.717, 1.165) is 10.8 Å². The van der Waals surface area contributed by atoms with Crippen molar-refractivity contribution in [2.75, 3.05) is 13.7 Å². The second-order valence-electron chi connectivity index (χ2n) is 5.55. The Morgan fingerprint density at radius 3 is 2.67 bits per heavy atom. The maximum absolute atomic E-state index is 13.2. The van der Waals surface area contributed by atoms with Gasteiger partial charge in [0.05, 0.1) is 7.11 Å². The highest BCUT2D eigenvalue weighted by molar-refractivity contribution is 5.85. The first-order valence-corrected chi connectivity index (χ1v) is 7.57. The normalized spacial score (nSPS) is 12.2. The number of benzene rings is 2. The minimum Gasteiger partial charge on any atom is -0.493 e. The van der Waals surface area contributed by atoms with Gasteiger partial charge in [-0.3, -0.25) is 4.98 Å². The molecule has 1 atom stereocenters. The molecule has 1 N–H and O–H groups in total. The van der Waals surface area contributed by atoms with Crippen molar-refractivity contribution in [3.05, 3.63) is 65.7 Å². The van der Waals surface area contributed by atoms with Crippen LogP contribution in [0.2, 0.25) is 0 Å². The summed E-state index contributed by atoms with van der Waals surface area (Å²) in [5, 5.41) is 12.2. The molecule has 0 aliphatic heterocycles. The van der Waals surface area contributed by atoms with E-state index in [4.69, 9.17) is 9.47 Å². The van der Waals surface area contributed by atoms with Gasteiger partial charge in [-0.05, 0) is 53.8 Å². The molecule has 0 saturated heterocycles. The lowest BCUT2D eigenvalue weighted by Gasteiger charge is -2.17. The van der Waals surface area contributed by atoms with Gasteiger partial charge in [0, 0.05) is 17.8 Å². The SMILES string of the molecule is COc1cc2ccncc2cc1OCC(O)c1ccc(F)cc1C. The van der Waals surface area contributed by atoms with Crippen molar-refractivity contribution in [2.24, 2.45) is 0 Å². The summed E-state index contributed by atoms with van der Waals surface area (Å²) in [6.07, 6.45) is 2.59. The molecule has 1 aromatic heterocycles. The predicted octanol–water partition coefficient (Wildman–Crippen LogP) is 3.80. The van der Waals surface area contributed by atoms with Crippen molar-refractivity contribution < 1.29 is 19.0 Å². The molecular formula is C19H18FNO3. The van der Waals surface area contributed by atoms with Crippen molar-refractivity contribution in [3.63, 3.8) is 0 Å². The number of methoxy groups -OCH3 is 1. The Hall–Kier alpha value is -2.66. The molecule has 1 heterocycles. The highest BCUT2D eigenvalue weighted by Crippen LogP contribution is 2.32. The molecule has 4 nitrogen and oxygen atoms in total. The van der Waals surface area contributed by atoms with Crippen LogP contribution in [-0.2, 0) is 0 Å². The average Bonchev–Trinajstić information content (AvgIpc) is 2.58. The number of hydrogen-bond acceptors (Lipinski definition) is 4. The quantitative estimate of drug-likeness (QED) is 0.774. The summed E-state index contributed by atoms with van der Waals surface area (Å²) in [5.74, 6) is 0.779. The number of aliphatic hydroxyl groups excluding tert-OH is 1. The Balaban J connectivity index is 1.81. The molecule has 0 fully saturated rings. The highest BCUT2D eigenvalue weighted by Gasteiger charge is 2.14. The van der Waals surface area contributed by atoms with E-state index in [2.05, 4.69) is 4.98 Å². The number of halogens is 1. The molecule has 5 heteroatoms. The maximum Gasteiger partial charge on any atom is 0.162 e.